The van der Waals surface area contributed by atoms with Gasteiger partial charge in [0.25, 0.3) is 0 Å². The van der Waals surface area contributed by atoms with E-state index < -0.39 is 12.1 Å². The number of hydrogen-bond acceptors (Lipinski definition) is 5. The van der Waals surface area contributed by atoms with Crippen LogP contribution in [0.4, 0.5) is 0 Å². The fourth-order valence-corrected chi connectivity index (χ4v) is 3.78. The van der Waals surface area contributed by atoms with Crippen molar-refractivity contribution in [3.8, 4) is 0 Å². The molecular weight excluding hydrogens is 398 g/mol. The van der Waals surface area contributed by atoms with Crippen LogP contribution in [-0.4, -0.2) is 90.7 Å². The van der Waals surface area contributed by atoms with Gasteiger partial charge in [0.1, 0.15) is 6.04 Å². The summed E-state index contributed by atoms with van der Waals surface area (Å²) in [5, 5.41) is 2.61. The summed E-state index contributed by atoms with van der Waals surface area (Å²) in [5.41, 5.74) is 6.01. The van der Waals surface area contributed by atoms with Crippen molar-refractivity contribution in [2.24, 2.45) is 11.7 Å². The van der Waals surface area contributed by atoms with Crippen LogP contribution in [0.1, 0.15) is 59.3 Å². The Hall–Kier alpha value is -2.16. The lowest BCUT2D eigenvalue weighted by molar-refractivity contribution is -0.142. The molecule has 1 heterocycles. The van der Waals surface area contributed by atoms with Gasteiger partial charge in [0.05, 0.1) is 12.5 Å². The summed E-state index contributed by atoms with van der Waals surface area (Å²) in [6.07, 6.45) is 3.59. The Morgan fingerprint density at radius 1 is 0.935 bits per heavy atom. The maximum Gasteiger partial charge on any atom is 0.242 e. The van der Waals surface area contributed by atoms with Crippen molar-refractivity contribution in [3.05, 3.63) is 0 Å². The summed E-state index contributed by atoms with van der Waals surface area (Å²) < 4.78 is 0. The molecule has 0 radical (unpaired) electrons. The summed E-state index contributed by atoms with van der Waals surface area (Å²) in [7, 11) is 4.78. The molecule has 4 amide bonds. The fourth-order valence-electron chi connectivity index (χ4n) is 3.78. The second-order valence-corrected chi connectivity index (χ2v) is 9.02. The molecule has 1 rings (SSSR count). The number of rotatable bonds is 10. The minimum absolute atomic E-state index is 0.0830. The molecule has 9 heteroatoms. The average Bonchev–Trinajstić information content (AvgIpc) is 2.75. The summed E-state index contributed by atoms with van der Waals surface area (Å²) >= 11 is 0. The van der Waals surface area contributed by atoms with Crippen LogP contribution in [0.5, 0.6) is 0 Å². The van der Waals surface area contributed by atoms with Gasteiger partial charge in [0.2, 0.25) is 23.6 Å². The SMILES string of the molecule is CNC(=O)[C@H](CC(C)C)N(C)C(=O)CC(C)N(C)C(=O)CC(N)C(=O)N1CCCCC1. The number of hydrogen-bond donors (Lipinski definition) is 2. The first-order chi connectivity index (χ1) is 14.5. The first kappa shape index (κ1) is 26.9. The van der Waals surface area contributed by atoms with E-state index in [0.717, 1.165) is 19.3 Å². The number of carbonyl (C=O) groups excluding carboxylic acids is 4. The highest BCUT2D eigenvalue weighted by Gasteiger charge is 2.30. The molecule has 0 saturated carbocycles. The molecule has 0 bridgehead atoms. The van der Waals surface area contributed by atoms with E-state index in [9.17, 15) is 19.2 Å². The number of nitrogens with zero attached hydrogens (tertiary/aromatic N) is 3. The van der Waals surface area contributed by atoms with Gasteiger partial charge in [-0.1, -0.05) is 13.8 Å². The van der Waals surface area contributed by atoms with E-state index >= 15 is 0 Å². The summed E-state index contributed by atoms with van der Waals surface area (Å²) in [4.78, 5) is 54.8. The quantitative estimate of drug-likeness (QED) is 0.516. The lowest BCUT2D eigenvalue weighted by atomic mass is 10.0. The van der Waals surface area contributed by atoms with Crippen LogP contribution in [0.25, 0.3) is 0 Å². The molecule has 0 aromatic heterocycles. The molecule has 0 spiro atoms. The first-order valence-corrected chi connectivity index (χ1v) is 11.3. The molecule has 3 atom stereocenters. The van der Waals surface area contributed by atoms with E-state index in [0.29, 0.717) is 19.5 Å². The molecule has 31 heavy (non-hydrogen) atoms. The minimum Gasteiger partial charge on any atom is -0.357 e. The highest BCUT2D eigenvalue weighted by Crippen LogP contribution is 2.15. The van der Waals surface area contributed by atoms with Gasteiger partial charge < -0.3 is 25.8 Å². The second kappa shape index (κ2) is 12.6. The van der Waals surface area contributed by atoms with Crippen molar-refractivity contribution in [2.45, 2.75) is 77.4 Å². The first-order valence-electron chi connectivity index (χ1n) is 11.3. The molecule has 178 valence electrons. The molecule has 1 fully saturated rings. The predicted octanol–water partition coefficient (Wildman–Crippen LogP) is 0.572. The largest absolute Gasteiger partial charge is 0.357 e. The van der Waals surface area contributed by atoms with Crippen molar-refractivity contribution in [3.63, 3.8) is 0 Å². The third kappa shape index (κ3) is 8.12. The average molecular weight is 440 g/mol. The zero-order chi connectivity index (χ0) is 23.7. The topological polar surface area (TPSA) is 116 Å². The van der Waals surface area contributed by atoms with Crippen molar-refractivity contribution < 1.29 is 19.2 Å². The van der Waals surface area contributed by atoms with E-state index in [1.807, 2.05) is 13.8 Å². The highest BCUT2D eigenvalue weighted by atomic mass is 16.2. The van der Waals surface area contributed by atoms with E-state index in [2.05, 4.69) is 5.32 Å². The zero-order valence-electron chi connectivity index (χ0n) is 20.0. The Balaban J connectivity index is 2.64. The van der Waals surface area contributed by atoms with Gasteiger partial charge in [-0.05, 0) is 38.5 Å². The van der Waals surface area contributed by atoms with E-state index in [4.69, 9.17) is 5.73 Å². The molecule has 1 saturated heterocycles. The number of likely N-dealkylation sites (tertiary alicyclic amines) is 1. The predicted molar refractivity (Wildman–Crippen MR) is 120 cm³/mol. The molecular formula is C22H41N5O4. The second-order valence-electron chi connectivity index (χ2n) is 9.02. The van der Waals surface area contributed by atoms with Crippen LogP contribution in [0, 0.1) is 5.92 Å². The van der Waals surface area contributed by atoms with Crippen molar-refractivity contribution in [1.82, 2.24) is 20.0 Å². The van der Waals surface area contributed by atoms with Crippen molar-refractivity contribution in [2.75, 3.05) is 34.2 Å². The summed E-state index contributed by atoms with van der Waals surface area (Å²) in [6.45, 7) is 7.15. The third-order valence-corrected chi connectivity index (χ3v) is 6.01. The highest BCUT2D eigenvalue weighted by molar-refractivity contribution is 5.89. The lowest BCUT2D eigenvalue weighted by Crippen LogP contribution is -2.50. The van der Waals surface area contributed by atoms with Crippen LogP contribution < -0.4 is 11.1 Å². The van der Waals surface area contributed by atoms with Gasteiger partial charge in [0, 0.05) is 46.7 Å². The lowest BCUT2D eigenvalue weighted by Gasteiger charge is -2.32. The van der Waals surface area contributed by atoms with Crippen LogP contribution >= 0.6 is 0 Å². The van der Waals surface area contributed by atoms with Gasteiger partial charge in [-0.15, -0.1) is 0 Å². The monoisotopic (exact) mass is 439 g/mol. The summed E-state index contributed by atoms with van der Waals surface area (Å²) in [5.74, 6) is -0.630. The van der Waals surface area contributed by atoms with Crippen LogP contribution in [0.15, 0.2) is 0 Å². The van der Waals surface area contributed by atoms with Gasteiger partial charge in [-0.25, -0.2) is 0 Å². The Bertz CT molecular complexity index is 633. The minimum atomic E-state index is -0.873. The van der Waals surface area contributed by atoms with Gasteiger partial charge >= 0.3 is 0 Å². The smallest absolute Gasteiger partial charge is 0.242 e. The maximum atomic E-state index is 12.8. The molecule has 9 nitrogen and oxygen atoms in total. The Labute approximate surface area is 186 Å². The number of nitrogens with two attached hydrogens (primary N) is 1. The Kier molecular flexibility index (Phi) is 11.0. The van der Waals surface area contributed by atoms with E-state index in [-0.39, 0.29) is 48.4 Å². The molecule has 0 aliphatic carbocycles. The number of amides is 4. The van der Waals surface area contributed by atoms with Crippen LogP contribution in [-0.2, 0) is 19.2 Å². The molecule has 3 N–H and O–H groups in total. The maximum absolute atomic E-state index is 12.8. The molecule has 0 aromatic carbocycles. The third-order valence-electron chi connectivity index (χ3n) is 6.01. The van der Waals surface area contributed by atoms with Gasteiger partial charge in [0.15, 0.2) is 0 Å². The molecule has 2 unspecified atom stereocenters. The number of likely N-dealkylation sites (N-methyl/N-ethyl adjacent to an activating group) is 2. The van der Waals surface area contributed by atoms with Crippen LogP contribution in [0.2, 0.25) is 0 Å². The van der Waals surface area contributed by atoms with Crippen molar-refractivity contribution >= 4 is 23.6 Å². The zero-order valence-corrected chi connectivity index (χ0v) is 20.0. The molecule has 1 aliphatic heterocycles. The Morgan fingerprint density at radius 2 is 1.48 bits per heavy atom. The van der Waals surface area contributed by atoms with Crippen molar-refractivity contribution in [1.29, 1.82) is 0 Å². The fraction of sp³-hybridized carbons (Fsp3) is 0.818. The Morgan fingerprint density at radius 3 is 2.00 bits per heavy atom. The van der Waals surface area contributed by atoms with E-state index in [1.165, 1.54) is 9.80 Å². The van der Waals surface area contributed by atoms with Gasteiger partial charge in [-0.3, -0.25) is 19.2 Å². The van der Waals surface area contributed by atoms with Crippen LogP contribution in [0.3, 0.4) is 0 Å². The molecule has 1 aliphatic rings. The number of carbonyl (C=O) groups is 4. The molecule has 0 aromatic rings. The van der Waals surface area contributed by atoms with E-state index in [1.54, 1.807) is 33.0 Å². The standard InChI is InChI=1S/C22H41N5O4/c1-15(2)12-18(21(30)24-4)26(6)19(28)13-16(3)25(5)20(29)14-17(23)22(31)27-10-8-7-9-11-27/h15-18H,7-14,23H2,1-6H3,(H,24,30)/t16?,17?,18-/m0/s1. The number of piperidine rings is 1. The van der Waals surface area contributed by atoms with Gasteiger partial charge in [-0.2, -0.15) is 0 Å². The summed E-state index contributed by atoms with van der Waals surface area (Å²) in [6, 6.07) is -1.81. The normalized spacial score (nSPS) is 17.0. The number of nitrogens with one attached hydrogen (secondary N) is 1.